The molecule has 0 radical (unpaired) electrons. The van der Waals surface area contributed by atoms with Gasteiger partial charge in [0.25, 0.3) is 0 Å². The third-order valence-electron chi connectivity index (χ3n) is 3.75. The molecule has 0 saturated carbocycles. The molecule has 0 spiro atoms. The van der Waals surface area contributed by atoms with Gasteiger partial charge < -0.3 is 14.6 Å². The number of aliphatic hydroxyl groups excluding tert-OH is 1. The molecule has 1 atom stereocenters. The number of carbonyl (C=O) groups excluding carboxylic acids is 1. The smallest absolute Gasteiger partial charge is 0.310 e. The Morgan fingerprint density at radius 1 is 1.43 bits per heavy atom. The van der Waals surface area contributed by atoms with E-state index in [9.17, 15) is 14.3 Å². The van der Waals surface area contributed by atoms with Gasteiger partial charge in [-0.1, -0.05) is 0 Å². The molecule has 0 aliphatic heterocycles. The SMILES string of the molecule is CCOC(=O)Cc1cc(F)ccc1OC1(C)C(C)=CC(Br)=C1O. The summed E-state index contributed by atoms with van der Waals surface area (Å²) in [4.78, 5) is 11.7. The van der Waals surface area contributed by atoms with Crippen LogP contribution in [-0.2, 0) is 16.0 Å². The van der Waals surface area contributed by atoms with Gasteiger partial charge in [-0.15, -0.1) is 0 Å². The number of esters is 1. The lowest BCUT2D eigenvalue weighted by molar-refractivity contribution is -0.142. The Balaban J connectivity index is 2.34. The summed E-state index contributed by atoms with van der Waals surface area (Å²) in [5, 5.41) is 10.3. The Labute approximate surface area is 142 Å². The van der Waals surface area contributed by atoms with E-state index in [1.807, 2.05) is 6.92 Å². The fourth-order valence-electron chi connectivity index (χ4n) is 2.31. The van der Waals surface area contributed by atoms with Gasteiger partial charge in [0, 0.05) is 5.56 Å². The van der Waals surface area contributed by atoms with Crippen LogP contribution in [0, 0.1) is 5.82 Å². The van der Waals surface area contributed by atoms with Crippen molar-refractivity contribution >= 4 is 21.9 Å². The van der Waals surface area contributed by atoms with Crippen molar-refractivity contribution in [2.24, 2.45) is 0 Å². The molecule has 1 aliphatic rings. The minimum absolute atomic E-state index is 0.0291. The van der Waals surface area contributed by atoms with Gasteiger partial charge in [-0.25, -0.2) is 4.39 Å². The van der Waals surface area contributed by atoms with Gasteiger partial charge in [-0.05, 0) is 66.5 Å². The molecule has 1 N–H and O–H groups in total. The number of carbonyl (C=O) groups is 1. The van der Waals surface area contributed by atoms with Crippen molar-refractivity contribution in [3.05, 3.63) is 51.5 Å². The van der Waals surface area contributed by atoms with Crippen molar-refractivity contribution in [2.75, 3.05) is 6.61 Å². The van der Waals surface area contributed by atoms with Crippen molar-refractivity contribution in [1.82, 2.24) is 0 Å². The molecule has 2 rings (SSSR count). The minimum Gasteiger partial charge on any atom is -0.507 e. The topological polar surface area (TPSA) is 55.8 Å². The molecule has 0 saturated heterocycles. The average Bonchev–Trinajstić information content (AvgIpc) is 2.66. The molecule has 0 aromatic heterocycles. The number of allylic oxidation sites excluding steroid dienone is 2. The summed E-state index contributed by atoms with van der Waals surface area (Å²) in [5.74, 6) is -0.584. The maximum atomic E-state index is 13.5. The Morgan fingerprint density at radius 2 is 2.13 bits per heavy atom. The number of halogens is 2. The number of benzene rings is 1. The third-order valence-corrected chi connectivity index (χ3v) is 4.36. The molecule has 0 fully saturated rings. The highest BCUT2D eigenvalue weighted by molar-refractivity contribution is 9.11. The van der Waals surface area contributed by atoms with Crippen molar-refractivity contribution in [1.29, 1.82) is 0 Å². The lowest BCUT2D eigenvalue weighted by atomic mass is 9.99. The Kier molecular flexibility index (Phi) is 5.14. The summed E-state index contributed by atoms with van der Waals surface area (Å²) < 4.78 is 24.9. The molecule has 6 heteroatoms. The van der Waals surface area contributed by atoms with E-state index in [-0.39, 0.29) is 18.8 Å². The second kappa shape index (κ2) is 6.74. The summed E-state index contributed by atoms with van der Waals surface area (Å²) >= 11 is 3.26. The van der Waals surface area contributed by atoms with Crippen LogP contribution < -0.4 is 4.74 Å². The van der Waals surface area contributed by atoms with Gasteiger partial charge in [0.15, 0.2) is 11.4 Å². The van der Waals surface area contributed by atoms with Gasteiger partial charge >= 0.3 is 5.97 Å². The number of ether oxygens (including phenoxy) is 2. The monoisotopic (exact) mass is 384 g/mol. The van der Waals surface area contributed by atoms with Crippen LogP contribution >= 0.6 is 15.9 Å². The summed E-state index contributed by atoms with van der Waals surface area (Å²) in [6, 6.07) is 3.93. The molecule has 0 bridgehead atoms. The predicted octanol–water partition coefficient (Wildman–Crippen LogP) is 4.19. The second-order valence-corrected chi connectivity index (χ2v) is 6.25. The summed E-state index contributed by atoms with van der Waals surface area (Å²) in [7, 11) is 0. The number of rotatable bonds is 5. The molecule has 23 heavy (non-hydrogen) atoms. The van der Waals surface area contributed by atoms with E-state index in [1.54, 1.807) is 19.9 Å². The lowest BCUT2D eigenvalue weighted by Gasteiger charge is -2.29. The Hall–Kier alpha value is -1.82. The maximum Gasteiger partial charge on any atom is 0.310 e. The van der Waals surface area contributed by atoms with Crippen molar-refractivity contribution in [3.8, 4) is 5.75 Å². The molecule has 124 valence electrons. The zero-order valence-corrected chi connectivity index (χ0v) is 14.7. The van der Waals surface area contributed by atoms with Crippen LogP contribution in [0.25, 0.3) is 0 Å². The molecule has 0 heterocycles. The van der Waals surface area contributed by atoms with Crippen molar-refractivity contribution in [2.45, 2.75) is 32.8 Å². The summed E-state index contributed by atoms with van der Waals surface area (Å²) in [6.07, 6.45) is 1.65. The maximum absolute atomic E-state index is 13.5. The first-order valence-electron chi connectivity index (χ1n) is 7.19. The molecule has 4 nitrogen and oxygen atoms in total. The molecule has 0 amide bonds. The zero-order chi connectivity index (χ0) is 17.2. The number of aliphatic hydroxyl groups is 1. The predicted molar refractivity (Wildman–Crippen MR) is 88.1 cm³/mol. The first-order chi connectivity index (χ1) is 10.8. The van der Waals surface area contributed by atoms with Crippen LogP contribution in [0.5, 0.6) is 5.75 Å². The first-order valence-corrected chi connectivity index (χ1v) is 7.98. The van der Waals surface area contributed by atoms with Crippen LogP contribution in [0.2, 0.25) is 0 Å². The molecule has 1 aromatic carbocycles. The molecule has 1 aromatic rings. The van der Waals surface area contributed by atoms with E-state index in [4.69, 9.17) is 9.47 Å². The van der Waals surface area contributed by atoms with Crippen LogP contribution in [0.3, 0.4) is 0 Å². The molecule has 1 aliphatic carbocycles. The fourth-order valence-corrected chi connectivity index (χ4v) is 3.03. The highest BCUT2D eigenvalue weighted by atomic mass is 79.9. The minimum atomic E-state index is -1.07. The number of hydrogen-bond acceptors (Lipinski definition) is 4. The van der Waals surface area contributed by atoms with Crippen LogP contribution in [0.1, 0.15) is 26.3 Å². The van der Waals surface area contributed by atoms with Crippen LogP contribution in [-0.4, -0.2) is 23.3 Å². The van der Waals surface area contributed by atoms with E-state index < -0.39 is 17.4 Å². The molecule has 1 unspecified atom stereocenters. The van der Waals surface area contributed by atoms with E-state index >= 15 is 0 Å². The normalized spacial score (nSPS) is 20.5. The summed E-state index contributed by atoms with van der Waals surface area (Å²) in [5.41, 5.74) is 0.0849. The zero-order valence-electron chi connectivity index (χ0n) is 13.2. The van der Waals surface area contributed by atoms with Gasteiger partial charge in [0.1, 0.15) is 11.6 Å². The first kappa shape index (κ1) is 17.5. The highest BCUT2D eigenvalue weighted by Gasteiger charge is 2.40. The third kappa shape index (κ3) is 3.58. The Bertz CT molecular complexity index is 696. The Morgan fingerprint density at radius 3 is 2.70 bits per heavy atom. The summed E-state index contributed by atoms with van der Waals surface area (Å²) in [6.45, 7) is 5.48. The van der Waals surface area contributed by atoms with Gasteiger partial charge in [0.05, 0.1) is 17.5 Å². The van der Waals surface area contributed by atoms with Crippen LogP contribution in [0.4, 0.5) is 4.39 Å². The van der Waals surface area contributed by atoms with Gasteiger partial charge in [-0.2, -0.15) is 0 Å². The van der Waals surface area contributed by atoms with E-state index in [1.165, 1.54) is 18.2 Å². The second-order valence-electron chi connectivity index (χ2n) is 5.39. The van der Waals surface area contributed by atoms with E-state index in [2.05, 4.69) is 15.9 Å². The van der Waals surface area contributed by atoms with E-state index in [0.717, 1.165) is 5.57 Å². The van der Waals surface area contributed by atoms with Gasteiger partial charge in [0.2, 0.25) is 0 Å². The number of hydrogen-bond donors (Lipinski definition) is 1. The van der Waals surface area contributed by atoms with Gasteiger partial charge in [-0.3, -0.25) is 4.79 Å². The highest BCUT2D eigenvalue weighted by Crippen LogP contribution is 2.40. The molecular weight excluding hydrogens is 367 g/mol. The average molecular weight is 385 g/mol. The van der Waals surface area contributed by atoms with Crippen molar-refractivity contribution < 1.29 is 23.8 Å². The fraction of sp³-hybridized carbons (Fsp3) is 0.353. The van der Waals surface area contributed by atoms with Crippen molar-refractivity contribution in [3.63, 3.8) is 0 Å². The lowest BCUT2D eigenvalue weighted by Crippen LogP contribution is -2.34. The quantitative estimate of drug-likeness (QED) is 0.773. The standard InChI is InChI=1S/C17H18BrFO4/c1-4-22-15(20)9-11-8-12(19)5-6-14(11)23-17(3)10(2)7-13(18)16(17)21/h5-8,21H,4,9H2,1-3H3. The van der Waals surface area contributed by atoms with Crippen LogP contribution in [0.15, 0.2) is 40.1 Å². The molecular formula is C17H18BrFO4. The largest absolute Gasteiger partial charge is 0.507 e. The van der Waals surface area contributed by atoms with E-state index in [0.29, 0.717) is 15.8 Å².